The molecule has 0 saturated carbocycles. The average Bonchev–Trinajstić information content (AvgIpc) is 3.09. The quantitative estimate of drug-likeness (QED) is 0.852. The number of aromatic nitrogens is 2. The van der Waals surface area contributed by atoms with Crippen molar-refractivity contribution in [2.24, 2.45) is 5.73 Å². The van der Waals surface area contributed by atoms with E-state index in [1.807, 2.05) is 52.2 Å². The van der Waals surface area contributed by atoms with E-state index in [9.17, 15) is 4.79 Å². The number of hydrogen-bond donors (Lipinski definition) is 1. The van der Waals surface area contributed by atoms with Crippen molar-refractivity contribution in [3.63, 3.8) is 0 Å². The van der Waals surface area contributed by atoms with E-state index in [1.54, 1.807) is 6.20 Å². The van der Waals surface area contributed by atoms with Gasteiger partial charge in [-0.3, -0.25) is 9.48 Å². The second-order valence-corrected chi connectivity index (χ2v) is 5.78. The van der Waals surface area contributed by atoms with E-state index in [1.165, 1.54) is 0 Å². The Hall–Kier alpha value is -1.60. The average molecular weight is 387 g/mol. The minimum absolute atomic E-state index is 0. The highest BCUT2D eigenvalue weighted by atomic mass is 35.5. The number of halogens is 2. The third-order valence-corrected chi connectivity index (χ3v) is 4.06. The van der Waals surface area contributed by atoms with Crippen molar-refractivity contribution < 1.29 is 9.53 Å². The summed E-state index contributed by atoms with van der Waals surface area (Å²) in [6, 6.07) is 11.3. The van der Waals surface area contributed by atoms with Gasteiger partial charge in [0.05, 0.1) is 19.3 Å². The summed E-state index contributed by atoms with van der Waals surface area (Å²) < 4.78 is 7.56. The van der Waals surface area contributed by atoms with Gasteiger partial charge in [0.25, 0.3) is 0 Å². The SMILES string of the molecule is Cl.Cl.NC(CC(=O)N1CCOC(Cn2cccn2)C1)c1ccccc1. The number of benzene rings is 1. The largest absolute Gasteiger partial charge is 0.373 e. The lowest BCUT2D eigenvalue weighted by molar-refractivity contribution is -0.139. The monoisotopic (exact) mass is 386 g/mol. The van der Waals surface area contributed by atoms with Gasteiger partial charge >= 0.3 is 0 Å². The zero-order valence-corrected chi connectivity index (χ0v) is 15.5. The summed E-state index contributed by atoms with van der Waals surface area (Å²) in [6.07, 6.45) is 3.93. The first-order chi connectivity index (χ1) is 11.2. The van der Waals surface area contributed by atoms with Crippen LogP contribution in [0.1, 0.15) is 18.0 Å². The molecular formula is C17H24Cl2N4O2. The van der Waals surface area contributed by atoms with Crippen molar-refractivity contribution in [1.82, 2.24) is 14.7 Å². The van der Waals surface area contributed by atoms with Crippen molar-refractivity contribution in [2.45, 2.75) is 25.1 Å². The summed E-state index contributed by atoms with van der Waals surface area (Å²) in [5, 5.41) is 4.18. The fourth-order valence-corrected chi connectivity index (χ4v) is 2.81. The molecule has 0 radical (unpaired) electrons. The molecule has 1 aromatic carbocycles. The zero-order chi connectivity index (χ0) is 16.1. The molecule has 0 bridgehead atoms. The Morgan fingerprint density at radius 3 is 2.72 bits per heavy atom. The van der Waals surface area contributed by atoms with Crippen LogP contribution >= 0.6 is 24.8 Å². The number of nitrogens with zero attached hydrogens (tertiary/aromatic N) is 3. The van der Waals surface area contributed by atoms with Gasteiger partial charge in [0.1, 0.15) is 0 Å². The number of carbonyl (C=O) groups excluding carboxylic acids is 1. The normalized spacial score (nSPS) is 18.0. The predicted molar refractivity (Wildman–Crippen MR) is 101 cm³/mol. The van der Waals surface area contributed by atoms with Crippen molar-refractivity contribution in [2.75, 3.05) is 19.7 Å². The Morgan fingerprint density at radius 2 is 2.04 bits per heavy atom. The highest BCUT2D eigenvalue weighted by Crippen LogP contribution is 2.16. The van der Waals surface area contributed by atoms with Gasteiger partial charge in [0.15, 0.2) is 0 Å². The van der Waals surface area contributed by atoms with Crippen LogP contribution < -0.4 is 5.73 Å². The van der Waals surface area contributed by atoms with Gasteiger partial charge in [-0.2, -0.15) is 5.10 Å². The lowest BCUT2D eigenvalue weighted by Crippen LogP contribution is -2.47. The smallest absolute Gasteiger partial charge is 0.224 e. The molecule has 3 rings (SSSR count). The third-order valence-electron chi connectivity index (χ3n) is 4.06. The van der Waals surface area contributed by atoms with E-state index in [2.05, 4.69) is 5.10 Å². The molecule has 1 aliphatic heterocycles. The maximum absolute atomic E-state index is 12.5. The van der Waals surface area contributed by atoms with Gasteiger partial charge in [-0.05, 0) is 11.6 Å². The van der Waals surface area contributed by atoms with Crippen LogP contribution in [0.15, 0.2) is 48.8 Å². The number of morpholine rings is 1. The van der Waals surface area contributed by atoms with Crippen LogP contribution in [-0.4, -0.2) is 46.4 Å². The van der Waals surface area contributed by atoms with E-state index in [0.717, 1.165) is 5.56 Å². The van der Waals surface area contributed by atoms with Crippen LogP contribution in [-0.2, 0) is 16.1 Å². The summed E-state index contributed by atoms with van der Waals surface area (Å²) in [5.74, 6) is 0.0788. The highest BCUT2D eigenvalue weighted by molar-refractivity contribution is 5.85. The van der Waals surface area contributed by atoms with Gasteiger partial charge in [-0.25, -0.2) is 0 Å². The summed E-state index contributed by atoms with van der Waals surface area (Å²) in [7, 11) is 0. The first-order valence-electron chi connectivity index (χ1n) is 7.89. The van der Waals surface area contributed by atoms with Crippen molar-refractivity contribution >= 4 is 30.7 Å². The lowest BCUT2D eigenvalue weighted by atomic mass is 10.0. The third kappa shape index (κ3) is 6.01. The minimum atomic E-state index is -0.267. The van der Waals surface area contributed by atoms with E-state index < -0.39 is 0 Å². The second-order valence-electron chi connectivity index (χ2n) is 5.78. The van der Waals surface area contributed by atoms with Gasteiger partial charge in [-0.15, -0.1) is 24.8 Å². The van der Waals surface area contributed by atoms with E-state index >= 15 is 0 Å². The molecule has 0 spiro atoms. The number of rotatable bonds is 5. The van der Waals surface area contributed by atoms with Gasteiger partial charge in [-0.1, -0.05) is 30.3 Å². The molecule has 1 aliphatic rings. The molecule has 25 heavy (non-hydrogen) atoms. The van der Waals surface area contributed by atoms with Crippen LogP contribution in [0.3, 0.4) is 0 Å². The minimum Gasteiger partial charge on any atom is -0.373 e. The lowest BCUT2D eigenvalue weighted by Gasteiger charge is -2.33. The van der Waals surface area contributed by atoms with E-state index in [4.69, 9.17) is 10.5 Å². The molecule has 8 heteroatoms. The van der Waals surface area contributed by atoms with Crippen LogP contribution in [0.4, 0.5) is 0 Å². The number of hydrogen-bond acceptors (Lipinski definition) is 4. The molecule has 1 amide bonds. The summed E-state index contributed by atoms with van der Waals surface area (Å²) >= 11 is 0. The van der Waals surface area contributed by atoms with E-state index in [-0.39, 0.29) is 42.9 Å². The molecule has 2 atom stereocenters. The molecule has 1 fully saturated rings. The zero-order valence-electron chi connectivity index (χ0n) is 13.9. The summed E-state index contributed by atoms with van der Waals surface area (Å²) in [5.41, 5.74) is 7.14. The van der Waals surface area contributed by atoms with E-state index in [0.29, 0.717) is 32.7 Å². The first-order valence-corrected chi connectivity index (χ1v) is 7.89. The Bertz CT molecular complexity index is 625. The summed E-state index contributed by atoms with van der Waals surface area (Å²) in [4.78, 5) is 14.3. The van der Waals surface area contributed by atoms with Gasteiger partial charge < -0.3 is 15.4 Å². The Morgan fingerprint density at radius 1 is 1.28 bits per heavy atom. The Labute approximate surface area is 160 Å². The molecule has 0 aliphatic carbocycles. The molecule has 1 aromatic heterocycles. The molecule has 2 aromatic rings. The predicted octanol–water partition coefficient (Wildman–Crippen LogP) is 2.04. The Balaban J connectivity index is 0.00000156. The Kier molecular flexibility index (Phi) is 8.92. The summed E-state index contributed by atoms with van der Waals surface area (Å²) in [6.45, 7) is 2.41. The molecule has 2 heterocycles. The fourth-order valence-electron chi connectivity index (χ4n) is 2.81. The second kappa shape index (κ2) is 10.4. The molecule has 2 N–H and O–H groups in total. The molecule has 2 unspecified atom stereocenters. The number of amides is 1. The fraction of sp³-hybridized carbons (Fsp3) is 0.412. The number of nitrogens with two attached hydrogens (primary N) is 1. The molecule has 138 valence electrons. The van der Waals surface area contributed by atoms with Gasteiger partial charge in [0.2, 0.25) is 5.91 Å². The topological polar surface area (TPSA) is 73.4 Å². The maximum Gasteiger partial charge on any atom is 0.224 e. The van der Waals surface area contributed by atoms with Crippen molar-refractivity contribution in [1.29, 1.82) is 0 Å². The highest BCUT2D eigenvalue weighted by Gasteiger charge is 2.25. The molecule has 6 nitrogen and oxygen atoms in total. The number of ether oxygens (including phenoxy) is 1. The standard InChI is InChI=1S/C17H22N4O2.2ClH/c18-16(14-5-2-1-3-6-14)11-17(22)20-9-10-23-15(12-20)13-21-8-4-7-19-21;;/h1-8,15-16H,9-13,18H2;2*1H. The molecule has 1 saturated heterocycles. The van der Waals surface area contributed by atoms with Crippen LogP contribution in [0.2, 0.25) is 0 Å². The van der Waals surface area contributed by atoms with Crippen LogP contribution in [0.5, 0.6) is 0 Å². The van der Waals surface area contributed by atoms with Gasteiger partial charge in [0, 0.05) is 37.9 Å². The van der Waals surface area contributed by atoms with Crippen molar-refractivity contribution in [3.05, 3.63) is 54.4 Å². The van der Waals surface area contributed by atoms with Crippen molar-refractivity contribution in [3.8, 4) is 0 Å². The molecular weight excluding hydrogens is 363 g/mol. The van der Waals surface area contributed by atoms with Crippen LogP contribution in [0, 0.1) is 0 Å². The van der Waals surface area contributed by atoms with Crippen LogP contribution in [0.25, 0.3) is 0 Å². The number of carbonyl (C=O) groups is 1. The first kappa shape index (κ1) is 21.4. The maximum atomic E-state index is 12.5.